The molecule has 0 amide bonds. The molecule has 0 saturated carbocycles. The Balaban J connectivity index is 1.79. The molecule has 1 unspecified atom stereocenters. The summed E-state index contributed by atoms with van der Waals surface area (Å²) in [4.78, 5) is 38.6. The Bertz CT molecular complexity index is 1130. The molecule has 1 aliphatic carbocycles. The predicted octanol–water partition coefficient (Wildman–Crippen LogP) is 2.66. The summed E-state index contributed by atoms with van der Waals surface area (Å²) in [5, 5.41) is 2.91. The number of hydrogen-bond acceptors (Lipinski definition) is 5. The van der Waals surface area contributed by atoms with E-state index in [2.05, 4.69) is 5.32 Å². The van der Waals surface area contributed by atoms with E-state index in [0.29, 0.717) is 5.70 Å². The van der Waals surface area contributed by atoms with Gasteiger partial charge in [-0.15, -0.1) is 0 Å². The minimum atomic E-state index is -0.989. The van der Waals surface area contributed by atoms with Gasteiger partial charge < -0.3 is 10.1 Å². The van der Waals surface area contributed by atoms with Crippen LogP contribution in [0, 0.1) is 5.82 Å². The van der Waals surface area contributed by atoms with Crippen molar-refractivity contribution in [3.63, 3.8) is 0 Å². The van der Waals surface area contributed by atoms with Gasteiger partial charge in [0.2, 0.25) is 5.78 Å². The van der Waals surface area contributed by atoms with Crippen LogP contribution in [0.5, 0.6) is 0 Å². The van der Waals surface area contributed by atoms with Crippen molar-refractivity contribution in [3.8, 4) is 0 Å². The van der Waals surface area contributed by atoms with Crippen LogP contribution in [0.15, 0.2) is 71.1 Å². The zero-order chi connectivity index (χ0) is 18.7. The van der Waals surface area contributed by atoms with Gasteiger partial charge in [0.1, 0.15) is 12.4 Å². The average Bonchev–Trinajstić information content (AvgIpc) is 3.06. The molecule has 6 heteroatoms. The van der Waals surface area contributed by atoms with Gasteiger partial charge in [0.15, 0.2) is 5.78 Å². The molecular formula is C21H12FNO4. The number of benzene rings is 2. The van der Waals surface area contributed by atoms with E-state index in [9.17, 15) is 18.8 Å². The molecule has 2 aromatic rings. The molecule has 5 nitrogen and oxygen atoms in total. The number of rotatable bonds is 1. The first kappa shape index (κ1) is 15.7. The number of hydrogen-bond donors (Lipinski definition) is 1. The number of ether oxygens (including phenoxy) is 1. The summed E-state index contributed by atoms with van der Waals surface area (Å²) in [6.07, 6.45) is 0. The first-order chi connectivity index (χ1) is 13.1. The zero-order valence-electron chi connectivity index (χ0n) is 13.9. The molecule has 0 aromatic heterocycles. The van der Waals surface area contributed by atoms with Gasteiger partial charge in [-0.2, -0.15) is 0 Å². The number of halogens is 1. The van der Waals surface area contributed by atoms with Gasteiger partial charge in [-0.25, -0.2) is 9.18 Å². The highest BCUT2D eigenvalue weighted by atomic mass is 19.1. The van der Waals surface area contributed by atoms with Gasteiger partial charge in [0, 0.05) is 22.3 Å². The Morgan fingerprint density at radius 1 is 0.889 bits per heavy atom. The summed E-state index contributed by atoms with van der Waals surface area (Å²) in [7, 11) is 0. The van der Waals surface area contributed by atoms with E-state index in [1.54, 1.807) is 30.3 Å². The fourth-order valence-corrected chi connectivity index (χ4v) is 3.92. The van der Waals surface area contributed by atoms with Crippen LogP contribution in [0.2, 0.25) is 0 Å². The molecule has 0 bridgehead atoms. The van der Waals surface area contributed by atoms with E-state index in [1.165, 1.54) is 18.2 Å². The molecule has 0 spiro atoms. The van der Waals surface area contributed by atoms with Gasteiger partial charge in [0.25, 0.3) is 0 Å². The Labute approximate surface area is 153 Å². The first-order valence-electron chi connectivity index (χ1n) is 8.42. The molecular weight excluding hydrogens is 349 g/mol. The van der Waals surface area contributed by atoms with Crippen molar-refractivity contribution >= 4 is 17.5 Å². The standard InChI is InChI=1S/C21H12FNO4/c22-13-8-4-3-7-12(13)15-16-14(9-27-21(16)26)23-18-17(15)19(24)10-5-1-2-6-11(10)20(18)25/h1-8,15,23H,9H2. The van der Waals surface area contributed by atoms with Gasteiger partial charge >= 0.3 is 5.97 Å². The highest BCUT2D eigenvalue weighted by Gasteiger charge is 2.47. The Hall–Kier alpha value is -3.54. The summed E-state index contributed by atoms with van der Waals surface area (Å²) in [6, 6.07) is 12.4. The normalized spacial score (nSPS) is 20.8. The van der Waals surface area contributed by atoms with Crippen molar-refractivity contribution in [3.05, 3.63) is 93.6 Å². The second-order valence-corrected chi connectivity index (χ2v) is 6.54. The number of cyclic esters (lactones) is 1. The quantitative estimate of drug-likeness (QED) is 0.791. The van der Waals surface area contributed by atoms with Crippen molar-refractivity contribution in [1.29, 1.82) is 0 Å². The van der Waals surface area contributed by atoms with Crippen LogP contribution in [0.25, 0.3) is 0 Å². The first-order valence-corrected chi connectivity index (χ1v) is 8.42. The van der Waals surface area contributed by atoms with Crippen molar-refractivity contribution in [2.24, 2.45) is 0 Å². The zero-order valence-corrected chi connectivity index (χ0v) is 13.9. The smallest absolute Gasteiger partial charge is 0.337 e. The molecule has 3 aliphatic rings. The molecule has 0 radical (unpaired) electrons. The Morgan fingerprint density at radius 3 is 2.30 bits per heavy atom. The van der Waals surface area contributed by atoms with E-state index < -0.39 is 23.5 Å². The molecule has 2 aliphatic heterocycles. The summed E-state index contributed by atoms with van der Waals surface area (Å²) < 4.78 is 19.7. The van der Waals surface area contributed by atoms with E-state index in [-0.39, 0.29) is 45.9 Å². The number of ketones is 2. The van der Waals surface area contributed by atoms with E-state index in [1.807, 2.05) is 0 Å². The van der Waals surface area contributed by atoms with Gasteiger partial charge in [-0.05, 0) is 6.07 Å². The van der Waals surface area contributed by atoms with Gasteiger partial charge in [0.05, 0.1) is 22.9 Å². The predicted molar refractivity (Wildman–Crippen MR) is 92.4 cm³/mol. The highest BCUT2D eigenvalue weighted by molar-refractivity contribution is 6.28. The fourth-order valence-electron chi connectivity index (χ4n) is 3.92. The number of nitrogens with one attached hydrogen (secondary N) is 1. The molecule has 5 rings (SSSR count). The molecule has 0 saturated heterocycles. The van der Waals surface area contributed by atoms with Crippen molar-refractivity contribution < 1.29 is 23.5 Å². The maximum atomic E-state index is 14.6. The monoisotopic (exact) mass is 361 g/mol. The second kappa shape index (κ2) is 5.48. The molecule has 2 aromatic carbocycles. The number of fused-ring (bicyclic) bond motifs is 1. The van der Waals surface area contributed by atoms with Crippen LogP contribution in [0.4, 0.5) is 4.39 Å². The maximum Gasteiger partial charge on any atom is 0.337 e. The number of allylic oxidation sites excluding steroid dienone is 2. The van der Waals surface area contributed by atoms with E-state index in [4.69, 9.17) is 4.74 Å². The molecule has 1 atom stereocenters. The van der Waals surface area contributed by atoms with Crippen molar-refractivity contribution in [2.75, 3.05) is 6.61 Å². The number of esters is 1. The van der Waals surface area contributed by atoms with Crippen LogP contribution in [0.1, 0.15) is 32.2 Å². The minimum absolute atomic E-state index is 0.0426. The van der Waals surface area contributed by atoms with Gasteiger partial charge in [-0.3, -0.25) is 9.59 Å². The number of carbonyl (C=O) groups excluding carboxylic acids is 3. The van der Waals surface area contributed by atoms with Crippen LogP contribution in [0.3, 0.4) is 0 Å². The molecule has 2 heterocycles. The fraction of sp³-hybridized carbons (Fsp3) is 0.0952. The number of Topliss-reactive ketones (excluding diaryl/α,β-unsaturated/α-hetero) is 2. The van der Waals surface area contributed by atoms with E-state index in [0.717, 1.165) is 0 Å². The highest BCUT2D eigenvalue weighted by Crippen LogP contribution is 2.45. The Morgan fingerprint density at radius 2 is 1.56 bits per heavy atom. The van der Waals surface area contributed by atoms with Crippen LogP contribution in [-0.2, 0) is 9.53 Å². The van der Waals surface area contributed by atoms with E-state index >= 15 is 0 Å². The third-order valence-corrected chi connectivity index (χ3v) is 5.12. The van der Waals surface area contributed by atoms with Crippen LogP contribution in [-0.4, -0.2) is 24.1 Å². The molecule has 27 heavy (non-hydrogen) atoms. The maximum absolute atomic E-state index is 14.6. The Kier molecular flexibility index (Phi) is 3.18. The van der Waals surface area contributed by atoms with Crippen LogP contribution >= 0.6 is 0 Å². The summed E-state index contributed by atoms with van der Waals surface area (Å²) in [6.45, 7) is -0.0426. The third-order valence-electron chi connectivity index (χ3n) is 5.12. The number of dihydropyridines is 1. The number of carbonyl (C=O) groups is 3. The summed E-state index contributed by atoms with van der Waals surface area (Å²) in [5.74, 6) is -2.91. The lowest BCUT2D eigenvalue weighted by molar-refractivity contribution is -0.136. The lowest BCUT2D eigenvalue weighted by atomic mass is 9.73. The van der Waals surface area contributed by atoms with Crippen LogP contribution < -0.4 is 5.32 Å². The topological polar surface area (TPSA) is 72.5 Å². The molecule has 132 valence electrons. The SMILES string of the molecule is O=C1OCC2=C1C(c1ccccc1F)C1=C(N2)C(=O)c2ccccc2C1=O. The van der Waals surface area contributed by atoms with Crippen molar-refractivity contribution in [2.45, 2.75) is 5.92 Å². The largest absolute Gasteiger partial charge is 0.456 e. The third kappa shape index (κ3) is 2.07. The minimum Gasteiger partial charge on any atom is -0.456 e. The van der Waals surface area contributed by atoms with Crippen molar-refractivity contribution in [1.82, 2.24) is 5.32 Å². The molecule has 1 N–H and O–H groups in total. The lowest BCUT2D eigenvalue weighted by Gasteiger charge is -2.31. The summed E-state index contributed by atoms with van der Waals surface area (Å²) in [5.41, 5.74) is 1.45. The van der Waals surface area contributed by atoms with Gasteiger partial charge in [-0.1, -0.05) is 42.5 Å². The average molecular weight is 361 g/mol. The summed E-state index contributed by atoms with van der Waals surface area (Å²) >= 11 is 0. The molecule has 0 fully saturated rings. The second-order valence-electron chi connectivity index (χ2n) is 6.54. The lowest BCUT2D eigenvalue weighted by Crippen LogP contribution is -2.37.